The van der Waals surface area contributed by atoms with Crippen molar-refractivity contribution in [1.82, 2.24) is 14.7 Å². The Kier molecular flexibility index (Phi) is 5.14. The first kappa shape index (κ1) is 19.0. The van der Waals surface area contributed by atoms with Gasteiger partial charge >= 0.3 is 0 Å². The van der Waals surface area contributed by atoms with E-state index in [1.165, 1.54) is 17.0 Å². The van der Waals surface area contributed by atoms with Gasteiger partial charge in [-0.3, -0.25) is 24.2 Å². The van der Waals surface area contributed by atoms with Gasteiger partial charge in [-0.2, -0.15) is 0 Å². The molecule has 3 fully saturated rings. The van der Waals surface area contributed by atoms with Crippen LogP contribution in [0, 0.1) is 23.5 Å². The van der Waals surface area contributed by atoms with Crippen molar-refractivity contribution in [3.05, 3.63) is 35.4 Å². The Morgan fingerprint density at radius 3 is 2.14 bits per heavy atom. The van der Waals surface area contributed by atoms with E-state index in [1.54, 1.807) is 4.90 Å². The fourth-order valence-corrected chi connectivity index (χ4v) is 4.56. The van der Waals surface area contributed by atoms with Crippen molar-refractivity contribution in [3.63, 3.8) is 0 Å². The Bertz CT molecular complexity index is 772. The lowest BCUT2D eigenvalue weighted by Gasteiger charge is -2.22. The number of rotatable bonds is 6. The number of hydrogen-bond donors (Lipinski definition) is 0. The van der Waals surface area contributed by atoms with Crippen molar-refractivity contribution in [2.45, 2.75) is 25.8 Å². The molecule has 0 saturated carbocycles. The van der Waals surface area contributed by atoms with Gasteiger partial charge in [0.15, 0.2) is 0 Å². The van der Waals surface area contributed by atoms with Crippen LogP contribution in [0.25, 0.3) is 0 Å². The van der Waals surface area contributed by atoms with Crippen LogP contribution in [0.2, 0.25) is 0 Å². The number of fused-ring (bicyclic) bond motifs is 1. The number of benzene rings is 1. The quantitative estimate of drug-likeness (QED) is 0.688. The predicted octanol–water partition coefficient (Wildman–Crippen LogP) is 1.39. The molecule has 1 aromatic rings. The Morgan fingerprint density at radius 2 is 1.57 bits per heavy atom. The lowest BCUT2D eigenvalue weighted by Crippen LogP contribution is -2.38. The summed E-state index contributed by atoms with van der Waals surface area (Å²) in [7, 11) is 0. The molecule has 6 nitrogen and oxygen atoms in total. The zero-order chi connectivity index (χ0) is 19.8. The van der Waals surface area contributed by atoms with Crippen molar-refractivity contribution in [2.75, 3.05) is 32.7 Å². The normalized spacial score (nSPS) is 25.3. The summed E-state index contributed by atoms with van der Waals surface area (Å²) in [5, 5.41) is 0. The maximum Gasteiger partial charge on any atom is 0.234 e. The first-order valence-corrected chi connectivity index (χ1v) is 9.72. The Hall–Kier alpha value is -2.35. The van der Waals surface area contributed by atoms with E-state index in [9.17, 15) is 23.2 Å². The molecule has 4 rings (SSSR count). The minimum Gasteiger partial charge on any atom is -0.343 e. The average Bonchev–Trinajstić information content (AvgIpc) is 3.28. The highest BCUT2D eigenvalue weighted by Crippen LogP contribution is 2.34. The molecule has 2 atom stereocenters. The van der Waals surface area contributed by atoms with Gasteiger partial charge in [0.05, 0.1) is 11.8 Å². The van der Waals surface area contributed by atoms with Gasteiger partial charge in [-0.15, -0.1) is 0 Å². The van der Waals surface area contributed by atoms with Gasteiger partial charge in [0, 0.05) is 51.8 Å². The minimum absolute atomic E-state index is 0.139. The summed E-state index contributed by atoms with van der Waals surface area (Å²) in [6, 6.07) is 3.36. The lowest BCUT2D eigenvalue weighted by molar-refractivity contribution is -0.140. The molecular formula is C20H23F2N3O3. The first-order valence-electron chi connectivity index (χ1n) is 9.72. The van der Waals surface area contributed by atoms with Crippen LogP contribution in [0.4, 0.5) is 8.78 Å². The Balaban J connectivity index is 1.32. The lowest BCUT2D eigenvalue weighted by atomic mass is 10.00. The summed E-state index contributed by atoms with van der Waals surface area (Å²) in [6.07, 6.45) is 2.04. The van der Waals surface area contributed by atoms with Crippen LogP contribution in [-0.2, 0) is 20.9 Å². The predicted molar refractivity (Wildman–Crippen MR) is 95.8 cm³/mol. The molecule has 3 saturated heterocycles. The molecule has 0 spiro atoms. The fourth-order valence-electron chi connectivity index (χ4n) is 4.56. The van der Waals surface area contributed by atoms with Crippen molar-refractivity contribution in [3.8, 4) is 0 Å². The van der Waals surface area contributed by atoms with E-state index in [-0.39, 0.29) is 29.6 Å². The van der Waals surface area contributed by atoms with Crippen molar-refractivity contribution in [1.29, 1.82) is 0 Å². The van der Waals surface area contributed by atoms with E-state index in [1.807, 2.05) is 4.90 Å². The standard InChI is InChI=1S/C20H23F2N3O3/c21-14-7-13(8-15(22)9-14)10-23-11-16-17(12-23)20(28)25(19(16)27)6-2-5-24-4-1-3-18(24)26/h7-9,16-17H,1-6,10-12H2/t16-,17+. The number of imide groups is 1. The molecule has 3 aliphatic heterocycles. The number of halogens is 2. The van der Waals surface area contributed by atoms with Crippen LogP contribution in [0.3, 0.4) is 0 Å². The first-order chi connectivity index (χ1) is 13.4. The Labute approximate surface area is 162 Å². The zero-order valence-electron chi connectivity index (χ0n) is 15.6. The van der Waals surface area contributed by atoms with E-state index in [0.29, 0.717) is 51.1 Å². The molecule has 3 aliphatic rings. The molecular weight excluding hydrogens is 368 g/mol. The summed E-state index contributed by atoms with van der Waals surface area (Å²) in [6.45, 7) is 2.79. The summed E-state index contributed by atoms with van der Waals surface area (Å²) < 4.78 is 26.7. The van der Waals surface area contributed by atoms with Gasteiger partial charge in [-0.1, -0.05) is 0 Å². The molecule has 0 bridgehead atoms. The highest BCUT2D eigenvalue weighted by Gasteiger charge is 2.51. The maximum absolute atomic E-state index is 13.4. The van der Waals surface area contributed by atoms with Crippen LogP contribution in [0.15, 0.2) is 18.2 Å². The molecule has 0 aliphatic carbocycles. The zero-order valence-corrected chi connectivity index (χ0v) is 15.6. The molecule has 3 heterocycles. The molecule has 150 valence electrons. The molecule has 0 unspecified atom stereocenters. The highest BCUT2D eigenvalue weighted by atomic mass is 19.1. The highest BCUT2D eigenvalue weighted by molar-refractivity contribution is 6.05. The SMILES string of the molecule is O=C1CCCN1CCCN1C(=O)[C@H]2CN(Cc3cc(F)cc(F)c3)C[C@H]2C1=O. The van der Waals surface area contributed by atoms with Gasteiger partial charge in [0.2, 0.25) is 17.7 Å². The van der Waals surface area contributed by atoms with E-state index < -0.39 is 11.6 Å². The van der Waals surface area contributed by atoms with E-state index in [2.05, 4.69) is 0 Å². The number of amides is 3. The van der Waals surface area contributed by atoms with Gasteiger partial charge in [0.1, 0.15) is 11.6 Å². The average molecular weight is 391 g/mol. The van der Waals surface area contributed by atoms with Crippen LogP contribution in [0.1, 0.15) is 24.8 Å². The molecule has 28 heavy (non-hydrogen) atoms. The molecule has 0 aromatic heterocycles. The summed E-state index contributed by atoms with van der Waals surface area (Å²) >= 11 is 0. The summed E-state index contributed by atoms with van der Waals surface area (Å²) in [4.78, 5) is 42.0. The molecule has 0 radical (unpaired) electrons. The summed E-state index contributed by atoms with van der Waals surface area (Å²) in [5.41, 5.74) is 0.490. The monoisotopic (exact) mass is 391 g/mol. The van der Waals surface area contributed by atoms with Crippen LogP contribution < -0.4 is 0 Å². The second kappa shape index (κ2) is 7.58. The molecule has 1 aromatic carbocycles. The number of nitrogens with zero attached hydrogens (tertiary/aromatic N) is 3. The number of carbonyl (C=O) groups excluding carboxylic acids is 3. The third-order valence-electron chi connectivity index (χ3n) is 5.87. The summed E-state index contributed by atoms with van der Waals surface area (Å²) in [5.74, 6) is -2.25. The number of hydrogen-bond acceptors (Lipinski definition) is 4. The molecule has 0 N–H and O–H groups in total. The fraction of sp³-hybridized carbons (Fsp3) is 0.550. The van der Waals surface area contributed by atoms with E-state index in [4.69, 9.17) is 0 Å². The van der Waals surface area contributed by atoms with Gasteiger partial charge in [0.25, 0.3) is 0 Å². The minimum atomic E-state index is -0.635. The van der Waals surface area contributed by atoms with Crippen LogP contribution in [0.5, 0.6) is 0 Å². The number of carbonyl (C=O) groups is 3. The number of likely N-dealkylation sites (tertiary alicyclic amines) is 3. The van der Waals surface area contributed by atoms with Crippen molar-refractivity contribution >= 4 is 17.7 Å². The molecule has 3 amide bonds. The second-order valence-corrected chi connectivity index (χ2v) is 7.85. The molecule has 8 heteroatoms. The van der Waals surface area contributed by atoms with Crippen LogP contribution >= 0.6 is 0 Å². The van der Waals surface area contributed by atoms with Gasteiger partial charge in [-0.05, 0) is 30.5 Å². The largest absolute Gasteiger partial charge is 0.343 e. The second-order valence-electron chi connectivity index (χ2n) is 7.85. The van der Waals surface area contributed by atoms with Crippen LogP contribution in [-0.4, -0.2) is 65.1 Å². The Morgan fingerprint density at radius 1 is 0.929 bits per heavy atom. The maximum atomic E-state index is 13.4. The van der Waals surface area contributed by atoms with E-state index >= 15 is 0 Å². The smallest absolute Gasteiger partial charge is 0.234 e. The third kappa shape index (κ3) is 3.65. The van der Waals surface area contributed by atoms with Gasteiger partial charge < -0.3 is 4.90 Å². The third-order valence-corrected chi connectivity index (χ3v) is 5.87. The topological polar surface area (TPSA) is 60.9 Å². The van der Waals surface area contributed by atoms with Crippen molar-refractivity contribution < 1.29 is 23.2 Å². The van der Waals surface area contributed by atoms with Gasteiger partial charge in [-0.25, -0.2) is 8.78 Å². The van der Waals surface area contributed by atoms with E-state index in [0.717, 1.165) is 19.0 Å². The van der Waals surface area contributed by atoms with Crippen molar-refractivity contribution in [2.24, 2.45) is 11.8 Å².